The smallest absolute Gasteiger partial charge is 0.341 e. The topological polar surface area (TPSA) is 63.3 Å². The highest BCUT2D eigenvalue weighted by Gasteiger charge is 2.40. The summed E-state index contributed by atoms with van der Waals surface area (Å²) in [4.78, 5) is 10.7. The van der Waals surface area contributed by atoms with Crippen LogP contribution in [0.15, 0.2) is 0 Å². The molecule has 0 heterocycles. The summed E-state index contributed by atoms with van der Waals surface area (Å²) < 4.78 is 55.3. The van der Waals surface area contributed by atoms with Gasteiger partial charge >= 0.3 is 5.97 Å². The normalized spacial score (nSPS) is 18.1. The molecule has 0 aliphatic heterocycles. The average Bonchev–Trinajstić information content (AvgIpc) is 2.37. The van der Waals surface area contributed by atoms with E-state index in [2.05, 4.69) is 0 Å². The molecule has 110 valence electrons. The molecule has 20 heavy (non-hydrogen) atoms. The minimum absolute atomic E-state index is 0.187. The van der Waals surface area contributed by atoms with Gasteiger partial charge in [-0.05, 0) is 12.8 Å². The number of nitrogens with two attached hydrogens (primary N) is 1. The molecule has 0 unspecified atom stereocenters. The lowest BCUT2D eigenvalue weighted by atomic mass is 9.76. The Morgan fingerprint density at radius 3 is 1.80 bits per heavy atom. The Morgan fingerprint density at radius 1 is 0.950 bits per heavy atom. The van der Waals surface area contributed by atoms with Crippen molar-refractivity contribution in [1.29, 1.82) is 0 Å². The van der Waals surface area contributed by atoms with Crippen molar-refractivity contribution in [1.82, 2.24) is 0 Å². The Labute approximate surface area is 112 Å². The molecule has 3 N–H and O–H groups in total. The molecule has 0 aromatic heterocycles. The van der Waals surface area contributed by atoms with Gasteiger partial charge in [-0.1, -0.05) is 19.3 Å². The zero-order valence-corrected chi connectivity index (χ0v) is 10.5. The van der Waals surface area contributed by atoms with Crippen molar-refractivity contribution < 1.29 is 27.5 Å². The lowest BCUT2D eigenvalue weighted by molar-refractivity contribution is 0.0682. The summed E-state index contributed by atoms with van der Waals surface area (Å²) in [6.45, 7) is 0. The zero-order chi connectivity index (χ0) is 15.1. The van der Waals surface area contributed by atoms with Gasteiger partial charge in [0.15, 0.2) is 23.3 Å². The van der Waals surface area contributed by atoms with E-state index in [4.69, 9.17) is 10.8 Å². The number of carboxylic acid groups (broad SMARTS) is 1. The maximum Gasteiger partial charge on any atom is 0.341 e. The summed E-state index contributed by atoms with van der Waals surface area (Å²) >= 11 is 0. The van der Waals surface area contributed by atoms with Crippen LogP contribution in [0.5, 0.6) is 0 Å². The molecule has 7 heteroatoms. The second-order valence-corrected chi connectivity index (χ2v) is 5.03. The van der Waals surface area contributed by atoms with E-state index >= 15 is 0 Å². The minimum Gasteiger partial charge on any atom is -0.477 e. The van der Waals surface area contributed by atoms with Crippen LogP contribution in [0.25, 0.3) is 0 Å². The van der Waals surface area contributed by atoms with Gasteiger partial charge in [0.25, 0.3) is 0 Å². The Kier molecular flexibility index (Phi) is 3.73. The third kappa shape index (κ3) is 2.15. The predicted octanol–water partition coefficient (Wildman–Crippen LogP) is 3.06. The van der Waals surface area contributed by atoms with E-state index in [-0.39, 0.29) is 12.8 Å². The summed E-state index contributed by atoms with van der Waals surface area (Å²) in [7, 11) is 0. The van der Waals surface area contributed by atoms with E-state index in [9.17, 15) is 22.4 Å². The largest absolute Gasteiger partial charge is 0.477 e. The molecule has 0 radical (unpaired) electrons. The molecular formula is C13H13F4NO2. The van der Waals surface area contributed by atoms with Crippen LogP contribution in [0.4, 0.5) is 17.6 Å². The van der Waals surface area contributed by atoms with E-state index in [1.807, 2.05) is 0 Å². The fourth-order valence-electron chi connectivity index (χ4n) is 2.69. The maximum atomic E-state index is 14.0. The summed E-state index contributed by atoms with van der Waals surface area (Å²) in [6, 6.07) is 0. The molecular weight excluding hydrogens is 278 g/mol. The maximum absolute atomic E-state index is 14.0. The third-order valence-corrected chi connectivity index (χ3v) is 3.72. The molecule has 0 amide bonds. The van der Waals surface area contributed by atoms with E-state index in [0.29, 0.717) is 12.8 Å². The van der Waals surface area contributed by atoms with E-state index in [1.165, 1.54) is 0 Å². The first kappa shape index (κ1) is 14.8. The van der Waals surface area contributed by atoms with Gasteiger partial charge in [0, 0.05) is 11.1 Å². The minimum atomic E-state index is -2.07. The Balaban J connectivity index is 2.69. The van der Waals surface area contributed by atoms with Gasteiger partial charge in [-0.2, -0.15) is 0 Å². The Bertz CT molecular complexity index is 539. The molecule has 0 saturated heterocycles. The van der Waals surface area contributed by atoms with Crippen LogP contribution in [0, 0.1) is 23.3 Å². The number of carbonyl (C=O) groups is 1. The highest BCUT2D eigenvalue weighted by atomic mass is 19.2. The van der Waals surface area contributed by atoms with Gasteiger partial charge in [-0.15, -0.1) is 0 Å². The third-order valence-electron chi connectivity index (χ3n) is 3.72. The first-order chi connectivity index (χ1) is 9.29. The Morgan fingerprint density at radius 2 is 1.40 bits per heavy atom. The van der Waals surface area contributed by atoms with Crippen LogP contribution >= 0.6 is 0 Å². The zero-order valence-electron chi connectivity index (χ0n) is 10.5. The highest BCUT2D eigenvalue weighted by Crippen LogP contribution is 2.39. The summed E-state index contributed by atoms with van der Waals surface area (Å²) in [5.41, 5.74) is 1.85. The first-order valence-electron chi connectivity index (χ1n) is 6.18. The van der Waals surface area contributed by atoms with Crippen molar-refractivity contribution in [3.8, 4) is 0 Å². The van der Waals surface area contributed by atoms with Gasteiger partial charge in [0.2, 0.25) is 0 Å². The SMILES string of the molecule is NC1(c2c(F)c(F)c(C(=O)O)c(F)c2F)CCCCC1. The summed E-state index contributed by atoms with van der Waals surface area (Å²) in [6.07, 6.45) is 2.36. The fraction of sp³-hybridized carbons (Fsp3) is 0.462. The number of benzene rings is 1. The van der Waals surface area contributed by atoms with E-state index in [0.717, 1.165) is 6.42 Å². The lowest BCUT2D eigenvalue weighted by Gasteiger charge is -2.34. The molecule has 1 aromatic rings. The van der Waals surface area contributed by atoms with Crippen LogP contribution in [-0.4, -0.2) is 11.1 Å². The van der Waals surface area contributed by atoms with Crippen molar-refractivity contribution in [3.05, 3.63) is 34.4 Å². The Hall–Kier alpha value is -1.63. The van der Waals surface area contributed by atoms with Gasteiger partial charge in [0.1, 0.15) is 5.56 Å². The van der Waals surface area contributed by atoms with Crippen LogP contribution in [0.3, 0.4) is 0 Å². The highest BCUT2D eigenvalue weighted by molar-refractivity contribution is 5.88. The van der Waals surface area contributed by atoms with Crippen molar-refractivity contribution in [2.24, 2.45) is 5.73 Å². The lowest BCUT2D eigenvalue weighted by Crippen LogP contribution is -2.41. The van der Waals surface area contributed by atoms with Crippen LogP contribution in [0.2, 0.25) is 0 Å². The second-order valence-electron chi connectivity index (χ2n) is 5.03. The number of halogens is 4. The van der Waals surface area contributed by atoms with Crippen molar-refractivity contribution in [3.63, 3.8) is 0 Å². The van der Waals surface area contributed by atoms with Crippen LogP contribution < -0.4 is 5.73 Å². The van der Waals surface area contributed by atoms with Gasteiger partial charge in [0.05, 0.1) is 0 Å². The molecule has 3 nitrogen and oxygen atoms in total. The quantitative estimate of drug-likeness (QED) is 0.650. The molecule has 1 aliphatic rings. The van der Waals surface area contributed by atoms with Crippen molar-refractivity contribution in [2.75, 3.05) is 0 Å². The number of carboxylic acids is 1. The second kappa shape index (κ2) is 5.05. The summed E-state index contributed by atoms with van der Waals surface area (Å²) in [5, 5.41) is 8.62. The van der Waals surface area contributed by atoms with Crippen LogP contribution in [0.1, 0.15) is 48.0 Å². The van der Waals surface area contributed by atoms with Crippen molar-refractivity contribution in [2.45, 2.75) is 37.6 Å². The summed E-state index contributed by atoms with van der Waals surface area (Å²) in [5.74, 6) is -9.33. The van der Waals surface area contributed by atoms with E-state index in [1.54, 1.807) is 0 Å². The molecule has 1 fully saturated rings. The number of hydrogen-bond acceptors (Lipinski definition) is 2. The molecule has 1 aliphatic carbocycles. The number of rotatable bonds is 2. The molecule has 1 saturated carbocycles. The molecule has 2 rings (SSSR count). The standard InChI is InChI=1S/C13H13F4NO2/c14-8-6(12(19)20)9(15)11(17)7(10(8)16)13(18)4-2-1-3-5-13/h1-5,18H2,(H,19,20). The monoisotopic (exact) mass is 291 g/mol. The fourth-order valence-corrected chi connectivity index (χ4v) is 2.69. The first-order valence-corrected chi connectivity index (χ1v) is 6.18. The van der Waals surface area contributed by atoms with Crippen LogP contribution in [-0.2, 0) is 5.54 Å². The molecule has 1 aromatic carbocycles. The molecule has 0 spiro atoms. The molecule has 0 atom stereocenters. The van der Waals surface area contributed by atoms with Crippen molar-refractivity contribution >= 4 is 5.97 Å². The average molecular weight is 291 g/mol. The van der Waals surface area contributed by atoms with Gasteiger partial charge in [-0.3, -0.25) is 0 Å². The number of hydrogen-bond donors (Lipinski definition) is 2. The number of aromatic carboxylic acids is 1. The van der Waals surface area contributed by atoms with E-state index < -0.39 is 45.9 Å². The molecule has 0 bridgehead atoms. The van der Waals surface area contributed by atoms with Gasteiger partial charge < -0.3 is 10.8 Å². The van der Waals surface area contributed by atoms with Gasteiger partial charge in [-0.25, -0.2) is 22.4 Å². The predicted molar refractivity (Wildman–Crippen MR) is 62.2 cm³/mol.